The minimum absolute atomic E-state index is 0.0372. The van der Waals surface area contributed by atoms with E-state index in [1.165, 1.54) is 0 Å². The maximum atomic E-state index is 12.5. The maximum Gasteiger partial charge on any atom is 0.303 e. The van der Waals surface area contributed by atoms with Crippen LogP contribution in [0.25, 0.3) is 6.08 Å². The number of aromatic nitrogens is 3. The van der Waals surface area contributed by atoms with Crippen LogP contribution in [0.1, 0.15) is 95.0 Å². The Kier molecular flexibility index (Phi) is 10.1. The molecule has 1 aliphatic heterocycles. The van der Waals surface area contributed by atoms with Crippen LogP contribution >= 0.6 is 0 Å². The molecule has 1 fully saturated rings. The predicted octanol–water partition coefficient (Wildman–Crippen LogP) is 4.19. The van der Waals surface area contributed by atoms with Crippen molar-refractivity contribution in [2.45, 2.75) is 86.0 Å². The molecule has 4 rings (SSSR count). The second kappa shape index (κ2) is 13.6. The monoisotopic (exact) mass is 608 g/mol. The summed E-state index contributed by atoms with van der Waals surface area (Å²) in [6.07, 6.45) is 4.68. The average molecular weight is 609 g/mol. The Morgan fingerprint density at radius 2 is 1.32 bits per heavy atom. The molecule has 1 amide bonds. The first kappa shape index (κ1) is 32.7. The number of aliphatic hydroxyl groups excluding tert-OH is 1. The van der Waals surface area contributed by atoms with E-state index in [2.05, 4.69) is 20.3 Å². The Labute approximate surface area is 256 Å². The molecule has 238 valence electrons. The zero-order valence-electron chi connectivity index (χ0n) is 26.1. The summed E-state index contributed by atoms with van der Waals surface area (Å²) in [5, 5.41) is 42.0. The lowest BCUT2D eigenvalue weighted by Gasteiger charge is -2.13. The molecule has 44 heavy (non-hydrogen) atoms. The number of hydrogen-bond donors (Lipinski definition) is 8. The molecule has 11 nitrogen and oxygen atoms in total. The van der Waals surface area contributed by atoms with E-state index in [4.69, 9.17) is 0 Å². The molecule has 8 N–H and O–H groups in total. The van der Waals surface area contributed by atoms with Crippen LogP contribution in [0.2, 0.25) is 0 Å². The lowest BCUT2D eigenvalue weighted by atomic mass is 9.91. The van der Waals surface area contributed by atoms with Gasteiger partial charge in [-0.25, -0.2) is 0 Å². The van der Waals surface area contributed by atoms with Crippen LogP contribution in [-0.2, 0) is 46.5 Å². The van der Waals surface area contributed by atoms with E-state index in [0.717, 1.165) is 61.9 Å². The minimum Gasteiger partial charge on any atom is -0.494 e. The number of carbonyl (C=O) groups is 3. The number of carboxylic acid groups (broad SMARTS) is 2. The molecule has 0 saturated carbocycles. The number of carboxylic acids is 2. The zero-order valence-corrected chi connectivity index (χ0v) is 26.1. The number of aromatic amines is 3. The van der Waals surface area contributed by atoms with Crippen molar-refractivity contribution >= 4 is 23.9 Å². The van der Waals surface area contributed by atoms with Gasteiger partial charge in [0.2, 0.25) is 5.91 Å². The molecule has 0 aliphatic carbocycles. The normalized spacial score (nSPS) is 17.5. The molecule has 3 aromatic heterocycles. The first-order valence-corrected chi connectivity index (χ1v) is 15.3. The third kappa shape index (κ3) is 6.62. The molecular formula is C33H44N4O7. The largest absolute Gasteiger partial charge is 0.494 e. The molecule has 3 aromatic rings. The van der Waals surface area contributed by atoms with Crippen molar-refractivity contribution in [2.24, 2.45) is 11.8 Å². The Morgan fingerprint density at radius 1 is 0.773 bits per heavy atom. The summed E-state index contributed by atoms with van der Waals surface area (Å²) in [6, 6.07) is 0. The van der Waals surface area contributed by atoms with Crippen LogP contribution in [0.5, 0.6) is 5.88 Å². The Hall–Kier alpha value is -4.25. The molecule has 11 heteroatoms. The van der Waals surface area contributed by atoms with Crippen LogP contribution in [0.4, 0.5) is 0 Å². The highest BCUT2D eigenvalue weighted by atomic mass is 16.4. The maximum absolute atomic E-state index is 12.5. The number of aliphatic carboxylic acids is 2. The van der Waals surface area contributed by atoms with E-state index in [9.17, 15) is 34.8 Å². The van der Waals surface area contributed by atoms with Crippen molar-refractivity contribution in [2.75, 3.05) is 6.61 Å². The summed E-state index contributed by atoms with van der Waals surface area (Å²) in [5.41, 5.74) is 10.4. The second-order valence-corrected chi connectivity index (χ2v) is 11.7. The van der Waals surface area contributed by atoms with Crippen LogP contribution in [0, 0.1) is 32.6 Å². The first-order chi connectivity index (χ1) is 20.9. The smallest absolute Gasteiger partial charge is 0.303 e. The van der Waals surface area contributed by atoms with Crippen molar-refractivity contribution in [1.29, 1.82) is 0 Å². The number of allylic oxidation sites excluding steroid dienone is 1. The highest BCUT2D eigenvalue weighted by Gasteiger charge is 2.37. The van der Waals surface area contributed by atoms with Crippen molar-refractivity contribution in [3.63, 3.8) is 0 Å². The highest BCUT2D eigenvalue weighted by molar-refractivity contribution is 5.86. The molecule has 1 aliphatic rings. The summed E-state index contributed by atoms with van der Waals surface area (Å²) < 4.78 is 0. The topological polar surface area (TPSA) is 192 Å². The molecular weight excluding hydrogens is 564 g/mol. The highest BCUT2D eigenvalue weighted by Crippen LogP contribution is 2.34. The number of aliphatic hydroxyl groups is 1. The van der Waals surface area contributed by atoms with Crippen LogP contribution in [0.15, 0.2) is 5.70 Å². The molecule has 2 atom stereocenters. The van der Waals surface area contributed by atoms with E-state index in [1.54, 1.807) is 0 Å². The molecule has 0 unspecified atom stereocenters. The third-order valence-corrected chi connectivity index (χ3v) is 9.20. The van der Waals surface area contributed by atoms with Gasteiger partial charge in [0.25, 0.3) is 0 Å². The van der Waals surface area contributed by atoms with E-state index < -0.39 is 17.9 Å². The van der Waals surface area contributed by atoms with Crippen LogP contribution < -0.4 is 5.32 Å². The van der Waals surface area contributed by atoms with Crippen molar-refractivity contribution < 1.29 is 34.8 Å². The molecule has 0 bridgehead atoms. The third-order valence-electron chi connectivity index (χ3n) is 9.20. The quantitative estimate of drug-likeness (QED) is 0.134. The van der Waals surface area contributed by atoms with Gasteiger partial charge < -0.3 is 40.7 Å². The van der Waals surface area contributed by atoms with Crippen LogP contribution in [-0.4, -0.2) is 59.8 Å². The van der Waals surface area contributed by atoms with Crippen molar-refractivity contribution in [3.8, 4) is 5.88 Å². The van der Waals surface area contributed by atoms with Gasteiger partial charge in [0.1, 0.15) is 0 Å². The predicted molar refractivity (Wildman–Crippen MR) is 166 cm³/mol. The molecule has 0 aromatic carbocycles. The van der Waals surface area contributed by atoms with Gasteiger partial charge in [0.15, 0.2) is 5.88 Å². The second-order valence-electron chi connectivity index (χ2n) is 11.7. The molecule has 0 spiro atoms. The fourth-order valence-electron chi connectivity index (χ4n) is 6.62. The number of aromatic hydroxyl groups is 1. The summed E-state index contributed by atoms with van der Waals surface area (Å²) in [6.45, 7) is 9.58. The van der Waals surface area contributed by atoms with E-state index in [0.29, 0.717) is 44.2 Å². The fraction of sp³-hybridized carbons (Fsp3) is 0.485. The van der Waals surface area contributed by atoms with E-state index in [1.807, 2.05) is 40.7 Å². The van der Waals surface area contributed by atoms with Gasteiger partial charge in [-0.1, -0.05) is 13.8 Å². The zero-order chi connectivity index (χ0) is 32.3. The molecule has 4 heterocycles. The Bertz CT molecular complexity index is 1590. The Balaban J connectivity index is 1.76. The SMILES string of the molecule is CCc1c(O)[nH]c(Cc2[nH]c(Cc3[nH]c(/C=C4\NC(=O)[C@H](CO)[C@H]4CC)c(C)c3CCC(=O)O)c(CCC(=O)O)c2C)c1C. The van der Waals surface area contributed by atoms with Gasteiger partial charge >= 0.3 is 11.9 Å². The van der Waals surface area contributed by atoms with Gasteiger partial charge in [0.05, 0.1) is 12.5 Å². The number of carbonyl (C=O) groups excluding carboxylic acids is 1. The van der Waals surface area contributed by atoms with Gasteiger partial charge in [0, 0.05) is 71.3 Å². The molecule has 1 saturated heterocycles. The fourth-order valence-corrected chi connectivity index (χ4v) is 6.62. The summed E-state index contributed by atoms with van der Waals surface area (Å²) in [5.74, 6) is -2.52. The summed E-state index contributed by atoms with van der Waals surface area (Å²) >= 11 is 0. The minimum atomic E-state index is -0.910. The van der Waals surface area contributed by atoms with Gasteiger partial charge in [-0.15, -0.1) is 0 Å². The standard InChI is InChI=1S/C33H44N4O7/c1-6-19-16(3)26(36-32(19)43)12-24-17(4)21(8-10-30(39)40)28(34-24)14-29-22(9-11-31(41)42)18(5)25(35-29)13-27-20(7-2)23(15-38)33(44)37-27/h13,20,23,34-36,38,43H,6-12,14-15H2,1-5H3,(H,37,44)(H,39,40)(H,41,42)/b27-13-/t20-,23-/m1/s1. The number of H-pyrrole nitrogens is 3. The van der Waals surface area contributed by atoms with Crippen LogP contribution in [0.3, 0.4) is 0 Å². The summed E-state index contributed by atoms with van der Waals surface area (Å²) in [4.78, 5) is 45.7. The van der Waals surface area contributed by atoms with E-state index in [-0.39, 0.29) is 37.2 Å². The number of amides is 1. The average Bonchev–Trinajstić information content (AvgIpc) is 3.62. The number of rotatable bonds is 14. The van der Waals surface area contributed by atoms with Gasteiger partial charge in [-0.05, 0) is 80.3 Å². The lowest BCUT2D eigenvalue weighted by Crippen LogP contribution is -2.22. The summed E-state index contributed by atoms with van der Waals surface area (Å²) in [7, 11) is 0. The number of nitrogens with one attached hydrogen (secondary N) is 4. The first-order valence-electron chi connectivity index (χ1n) is 15.3. The number of hydrogen-bond acceptors (Lipinski definition) is 5. The van der Waals surface area contributed by atoms with E-state index >= 15 is 0 Å². The Morgan fingerprint density at radius 3 is 1.86 bits per heavy atom. The molecule has 0 radical (unpaired) electrons. The van der Waals surface area contributed by atoms with Gasteiger partial charge in [-0.3, -0.25) is 14.4 Å². The van der Waals surface area contributed by atoms with Gasteiger partial charge in [-0.2, -0.15) is 0 Å². The van der Waals surface area contributed by atoms with Crippen molar-refractivity contribution in [3.05, 3.63) is 67.5 Å². The van der Waals surface area contributed by atoms with Crippen molar-refractivity contribution in [1.82, 2.24) is 20.3 Å². The lowest BCUT2D eigenvalue weighted by molar-refractivity contribution is -0.138.